The number of carbonyl (C=O) groups excluding carboxylic acids is 2. The first-order chi connectivity index (χ1) is 16.8. The van der Waals surface area contributed by atoms with Gasteiger partial charge in [0.15, 0.2) is 17.6 Å². The maximum atomic E-state index is 12.5. The predicted octanol–water partition coefficient (Wildman–Crippen LogP) is 3.12. The number of hydrogen-bond donors (Lipinski definition) is 3. The fourth-order valence-corrected chi connectivity index (χ4v) is 3.98. The number of hydrogen-bond acceptors (Lipinski definition) is 8. The fourth-order valence-electron chi connectivity index (χ4n) is 2.88. The average Bonchev–Trinajstić information content (AvgIpc) is 3.39. The van der Waals surface area contributed by atoms with E-state index in [2.05, 4.69) is 30.2 Å². The van der Waals surface area contributed by atoms with Crippen LogP contribution in [-0.2, 0) is 19.6 Å². The topological polar surface area (TPSA) is 156 Å². The molecule has 0 saturated heterocycles. The number of amides is 1. The van der Waals surface area contributed by atoms with Gasteiger partial charge in [-0.15, -0.1) is 10.2 Å². The van der Waals surface area contributed by atoms with Crippen molar-refractivity contribution < 1.29 is 22.7 Å². The molecule has 0 radical (unpaired) electrons. The fraction of sp³-hybridized carbons (Fsp3) is 0.0455. The van der Waals surface area contributed by atoms with Gasteiger partial charge in [0.2, 0.25) is 0 Å². The van der Waals surface area contributed by atoms with E-state index in [0.717, 1.165) is 5.56 Å². The molecular formula is C22H17ClN6O5S. The monoisotopic (exact) mass is 512 g/mol. The van der Waals surface area contributed by atoms with Crippen molar-refractivity contribution in [3.8, 4) is 11.4 Å². The highest BCUT2D eigenvalue weighted by atomic mass is 35.5. The number of nitrogens with one attached hydrogen (secondary N) is 3. The van der Waals surface area contributed by atoms with E-state index in [1.54, 1.807) is 36.7 Å². The number of esters is 1. The molecule has 2 aromatic carbocycles. The zero-order chi connectivity index (χ0) is 24.8. The molecule has 1 amide bonds. The largest absolute Gasteiger partial charge is 0.452 e. The molecule has 4 aromatic rings. The lowest BCUT2D eigenvalue weighted by Crippen LogP contribution is -2.21. The molecule has 0 bridgehead atoms. The van der Waals surface area contributed by atoms with E-state index >= 15 is 0 Å². The number of ether oxygens (including phenoxy) is 1. The van der Waals surface area contributed by atoms with Gasteiger partial charge >= 0.3 is 5.97 Å². The van der Waals surface area contributed by atoms with Crippen molar-refractivity contribution in [2.75, 3.05) is 16.6 Å². The molecule has 0 spiro atoms. The predicted molar refractivity (Wildman–Crippen MR) is 127 cm³/mol. The summed E-state index contributed by atoms with van der Waals surface area (Å²) >= 11 is 5.64. The second-order valence-electron chi connectivity index (χ2n) is 7.01. The van der Waals surface area contributed by atoms with Crippen LogP contribution in [0.25, 0.3) is 11.4 Å². The number of aromatic amines is 1. The molecule has 3 N–H and O–H groups in total. The van der Waals surface area contributed by atoms with Gasteiger partial charge in [-0.2, -0.15) is 0 Å². The van der Waals surface area contributed by atoms with Crippen LogP contribution in [0.2, 0.25) is 5.15 Å². The first-order valence-corrected chi connectivity index (χ1v) is 11.9. The third-order valence-electron chi connectivity index (χ3n) is 4.55. The van der Waals surface area contributed by atoms with Gasteiger partial charge in [-0.25, -0.2) is 18.2 Å². The molecule has 11 nitrogen and oxygen atoms in total. The quantitative estimate of drug-likeness (QED) is 0.304. The highest BCUT2D eigenvalue weighted by Crippen LogP contribution is 2.18. The van der Waals surface area contributed by atoms with Crippen LogP contribution in [-0.4, -0.2) is 47.1 Å². The smallest absolute Gasteiger partial charge is 0.338 e. The van der Waals surface area contributed by atoms with Crippen molar-refractivity contribution in [2.45, 2.75) is 4.90 Å². The number of sulfonamides is 1. The van der Waals surface area contributed by atoms with Gasteiger partial charge in [-0.3, -0.25) is 9.52 Å². The van der Waals surface area contributed by atoms with E-state index in [0.29, 0.717) is 11.5 Å². The van der Waals surface area contributed by atoms with Crippen molar-refractivity contribution in [1.29, 1.82) is 0 Å². The zero-order valence-corrected chi connectivity index (χ0v) is 19.4. The summed E-state index contributed by atoms with van der Waals surface area (Å²) in [7, 11) is -3.92. The van der Waals surface area contributed by atoms with Crippen LogP contribution >= 0.6 is 11.6 Å². The number of H-pyrrole nitrogens is 1. The minimum absolute atomic E-state index is 0.00389. The second-order valence-corrected chi connectivity index (χ2v) is 9.08. The number of nitrogens with zero attached hydrogens (tertiary/aromatic N) is 3. The molecule has 0 aliphatic rings. The molecule has 0 unspecified atom stereocenters. The maximum absolute atomic E-state index is 12.5. The lowest BCUT2D eigenvalue weighted by molar-refractivity contribution is -0.119. The lowest BCUT2D eigenvalue weighted by atomic mass is 10.1. The van der Waals surface area contributed by atoms with E-state index in [1.807, 2.05) is 0 Å². The van der Waals surface area contributed by atoms with Gasteiger partial charge < -0.3 is 15.0 Å². The van der Waals surface area contributed by atoms with Crippen LogP contribution in [0.1, 0.15) is 10.4 Å². The Morgan fingerprint density at radius 1 is 0.971 bits per heavy atom. The molecule has 178 valence electrons. The van der Waals surface area contributed by atoms with Crippen LogP contribution in [0, 0.1) is 0 Å². The summed E-state index contributed by atoms with van der Waals surface area (Å²) in [4.78, 5) is 31.4. The number of aromatic nitrogens is 4. The maximum Gasteiger partial charge on any atom is 0.338 e. The minimum Gasteiger partial charge on any atom is -0.452 e. The summed E-state index contributed by atoms with van der Waals surface area (Å²) in [6.45, 7) is -0.518. The standard InChI is InChI=1S/C22H17ClN6O5S/c23-18-9-10-19(28-27-18)29-35(32,33)17-7-5-16(6-8-17)26-20(30)13-34-22(31)15-3-1-14(2-4-15)21-24-11-12-25-21/h1-12H,13H2,(H,24,25)(H,26,30)(H,28,29). The van der Waals surface area contributed by atoms with Crippen LogP contribution in [0.3, 0.4) is 0 Å². The van der Waals surface area contributed by atoms with Crippen LogP contribution < -0.4 is 10.0 Å². The molecular weight excluding hydrogens is 496 g/mol. The van der Waals surface area contributed by atoms with Gasteiger partial charge in [-0.1, -0.05) is 23.7 Å². The first-order valence-electron chi connectivity index (χ1n) is 9.99. The Morgan fingerprint density at radius 3 is 2.34 bits per heavy atom. The van der Waals surface area contributed by atoms with E-state index < -0.39 is 28.5 Å². The van der Waals surface area contributed by atoms with E-state index in [1.165, 1.54) is 36.4 Å². The van der Waals surface area contributed by atoms with Crippen molar-refractivity contribution >= 4 is 45.0 Å². The van der Waals surface area contributed by atoms with Crippen LogP contribution in [0.15, 0.2) is 78.0 Å². The van der Waals surface area contributed by atoms with Gasteiger partial charge in [0.05, 0.1) is 10.5 Å². The van der Waals surface area contributed by atoms with E-state index in [4.69, 9.17) is 16.3 Å². The number of benzene rings is 2. The van der Waals surface area contributed by atoms with Gasteiger partial charge in [-0.05, 0) is 48.5 Å². The molecule has 0 atom stereocenters. The molecule has 0 saturated carbocycles. The molecule has 2 heterocycles. The highest BCUT2D eigenvalue weighted by molar-refractivity contribution is 7.92. The van der Waals surface area contributed by atoms with Crippen molar-refractivity contribution in [2.24, 2.45) is 0 Å². The Balaban J connectivity index is 1.29. The summed E-state index contributed by atoms with van der Waals surface area (Å²) in [5, 5.41) is 9.87. The van der Waals surface area contributed by atoms with E-state index in [9.17, 15) is 18.0 Å². The van der Waals surface area contributed by atoms with E-state index in [-0.39, 0.29) is 21.4 Å². The number of rotatable bonds is 8. The summed E-state index contributed by atoms with van der Waals surface area (Å²) in [6, 6.07) is 14.7. The number of imidazole rings is 1. The summed E-state index contributed by atoms with van der Waals surface area (Å²) in [5.74, 6) is -0.582. The van der Waals surface area contributed by atoms with Gasteiger partial charge in [0.1, 0.15) is 5.82 Å². The van der Waals surface area contributed by atoms with Gasteiger partial charge in [0.25, 0.3) is 15.9 Å². The minimum atomic E-state index is -3.92. The molecule has 35 heavy (non-hydrogen) atoms. The normalized spacial score (nSPS) is 11.0. The molecule has 2 aromatic heterocycles. The second kappa shape index (κ2) is 10.3. The Bertz CT molecular complexity index is 1430. The third-order valence-corrected chi connectivity index (χ3v) is 6.12. The Kier molecular flexibility index (Phi) is 7.03. The van der Waals surface area contributed by atoms with Crippen molar-refractivity contribution in [3.05, 3.63) is 83.8 Å². The molecule has 0 fully saturated rings. The summed E-state index contributed by atoms with van der Waals surface area (Å²) < 4.78 is 32.2. The first kappa shape index (κ1) is 23.9. The van der Waals surface area contributed by atoms with Gasteiger partial charge in [0, 0.05) is 23.6 Å². The number of halogens is 1. The molecule has 13 heteroatoms. The van der Waals surface area contributed by atoms with Crippen LogP contribution in [0.4, 0.5) is 11.5 Å². The summed E-state index contributed by atoms with van der Waals surface area (Å²) in [6.07, 6.45) is 3.31. The summed E-state index contributed by atoms with van der Waals surface area (Å²) in [5.41, 5.74) is 1.39. The molecule has 0 aliphatic heterocycles. The SMILES string of the molecule is O=C(COC(=O)c1ccc(-c2ncc[nH]2)cc1)Nc1ccc(S(=O)(=O)Nc2ccc(Cl)nn2)cc1. The lowest BCUT2D eigenvalue weighted by Gasteiger charge is -2.09. The Labute approximate surface area is 204 Å². The highest BCUT2D eigenvalue weighted by Gasteiger charge is 2.16. The molecule has 0 aliphatic carbocycles. The Morgan fingerprint density at radius 2 is 1.71 bits per heavy atom. The Hall–Kier alpha value is -4.29. The number of carbonyl (C=O) groups is 2. The third kappa shape index (κ3) is 6.19. The zero-order valence-electron chi connectivity index (χ0n) is 17.8. The van der Waals surface area contributed by atoms with Crippen LogP contribution in [0.5, 0.6) is 0 Å². The van der Waals surface area contributed by atoms with Crippen molar-refractivity contribution in [3.63, 3.8) is 0 Å². The van der Waals surface area contributed by atoms with Crippen molar-refractivity contribution in [1.82, 2.24) is 20.2 Å². The average molecular weight is 513 g/mol. The molecule has 4 rings (SSSR count). The number of anilines is 2.